The van der Waals surface area contributed by atoms with E-state index < -0.39 is 60.9 Å². The lowest BCUT2D eigenvalue weighted by Gasteiger charge is -2.35. The van der Waals surface area contributed by atoms with E-state index in [0.717, 1.165) is 0 Å². The van der Waals surface area contributed by atoms with Crippen molar-refractivity contribution in [3.63, 3.8) is 0 Å². The largest absolute Gasteiger partial charge is 0.424 e. The summed E-state index contributed by atoms with van der Waals surface area (Å²) in [5, 5.41) is 10.1. The Morgan fingerprint density at radius 3 is 2.79 bits per heavy atom. The molecule has 3 heterocycles. The molecule has 0 spiro atoms. The van der Waals surface area contributed by atoms with Crippen molar-refractivity contribution in [2.75, 3.05) is 12.3 Å². The molecule has 0 saturated carbocycles. The number of nitrogen functional groups attached to an aromatic ring is 1. The van der Waals surface area contributed by atoms with Crippen LogP contribution in [0.5, 0.6) is 5.75 Å². The second-order valence-corrected chi connectivity index (χ2v) is 10.1. The Kier molecular flexibility index (Phi) is 6.00. The summed E-state index contributed by atoms with van der Waals surface area (Å²) in [6, 6.07) is 6.41. The number of fused-ring (bicyclic) bond motifs is 1. The molecule has 2 aliphatic rings. The highest BCUT2D eigenvalue weighted by atomic mass is 32.5. The summed E-state index contributed by atoms with van der Waals surface area (Å²) in [6.07, 6.45) is -9.09. The van der Waals surface area contributed by atoms with Gasteiger partial charge in [-0.15, -0.1) is 0 Å². The number of hydrogen-bond acceptors (Lipinski definition) is 9. The molecule has 1 aromatic heterocycles. The van der Waals surface area contributed by atoms with Crippen molar-refractivity contribution in [3.8, 4) is 5.75 Å². The number of hydrogen-bond donors (Lipinski definition) is 2. The molecule has 4 rings (SSSR count). The van der Waals surface area contributed by atoms with Crippen LogP contribution in [0.3, 0.4) is 0 Å². The summed E-state index contributed by atoms with van der Waals surface area (Å²) in [6.45, 7) is -5.53. The van der Waals surface area contributed by atoms with Crippen LogP contribution >= 0.6 is 6.72 Å². The van der Waals surface area contributed by atoms with Gasteiger partial charge in [0.15, 0.2) is 24.0 Å². The average molecular weight is 515 g/mol. The molecule has 1 fully saturated rings. The molecule has 0 aliphatic carbocycles. The van der Waals surface area contributed by atoms with Gasteiger partial charge in [-0.2, -0.15) is 13.8 Å². The van der Waals surface area contributed by atoms with Crippen LogP contribution in [0.15, 0.2) is 35.3 Å². The fourth-order valence-corrected chi connectivity index (χ4v) is 5.08. The summed E-state index contributed by atoms with van der Waals surface area (Å²) >= 11 is 5.09. The second-order valence-electron chi connectivity index (χ2n) is 7.12. The first-order valence-corrected chi connectivity index (χ1v) is 11.7. The minimum Gasteiger partial charge on any atom is -0.424 e. The number of nitrogens with zero attached hydrogens (tertiary/aromatic N) is 2. The summed E-state index contributed by atoms with van der Waals surface area (Å²) in [4.78, 5) is 15.0. The normalized spacial score (nSPS) is 30.8. The van der Waals surface area contributed by atoms with Gasteiger partial charge in [-0.25, -0.2) is 18.0 Å². The van der Waals surface area contributed by atoms with E-state index in [0.29, 0.717) is 11.8 Å². The SMILES string of the molecule is Nc1nc(=O)n([C@@H]2O[C@@](COP3(=S)OCc4ccccc4O3)(C(F)F)C(F)(F)[C@@H]2O)cc1F. The van der Waals surface area contributed by atoms with Crippen molar-refractivity contribution < 1.29 is 45.4 Å². The number of aromatic nitrogens is 2. The van der Waals surface area contributed by atoms with Crippen molar-refractivity contribution >= 4 is 24.3 Å². The van der Waals surface area contributed by atoms with Gasteiger partial charge in [0.05, 0.1) is 19.4 Å². The zero-order valence-corrected chi connectivity index (χ0v) is 17.9. The molecule has 3 N–H and O–H groups in total. The number of benzene rings is 1. The number of aliphatic hydroxyl groups is 1. The molecule has 1 saturated heterocycles. The third-order valence-corrected chi connectivity index (χ3v) is 7.26. The van der Waals surface area contributed by atoms with Gasteiger partial charge in [0, 0.05) is 17.4 Å². The van der Waals surface area contributed by atoms with Gasteiger partial charge < -0.3 is 20.1 Å². The van der Waals surface area contributed by atoms with E-state index in [4.69, 9.17) is 35.8 Å². The third kappa shape index (κ3) is 3.92. The van der Waals surface area contributed by atoms with Gasteiger partial charge in [-0.3, -0.25) is 13.6 Å². The first-order valence-electron chi connectivity index (χ1n) is 9.13. The molecule has 0 bridgehead atoms. The summed E-state index contributed by atoms with van der Waals surface area (Å²) in [7, 11) is 0. The van der Waals surface area contributed by atoms with E-state index in [2.05, 4.69) is 4.98 Å². The van der Waals surface area contributed by atoms with Crippen LogP contribution in [-0.2, 0) is 32.2 Å². The van der Waals surface area contributed by atoms with Crippen LogP contribution in [0.1, 0.15) is 11.8 Å². The van der Waals surface area contributed by atoms with E-state index in [1.165, 1.54) is 6.07 Å². The van der Waals surface area contributed by atoms with Crippen LogP contribution in [0.25, 0.3) is 0 Å². The zero-order valence-electron chi connectivity index (χ0n) is 16.2. The standard InChI is InChI=1S/C17H15F5N3O6PS/c18-9-5-25(15(27)24-12(9)23)13-11(26)17(21,22)16(30-13,14(19)20)7-29-32(33)28-6-8-3-1-2-4-10(8)31-32/h1-5,11,13-14,26H,6-7H2,(H2,23,24,27)/t11-,13-,16+,32?/m1/s1. The maximum atomic E-state index is 15.0. The number of aliphatic hydroxyl groups excluding tert-OH is 1. The Morgan fingerprint density at radius 1 is 1.39 bits per heavy atom. The highest BCUT2D eigenvalue weighted by molar-refractivity contribution is 8.07. The van der Waals surface area contributed by atoms with Crippen molar-refractivity contribution in [2.24, 2.45) is 0 Å². The average Bonchev–Trinajstić information content (AvgIpc) is 2.96. The van der Waals surface area contributed by atoms with Gasteiger partial charge in [0.1, 0.15) is 5.75 Å². The van der Waals surface area contributed by atoms with Gasteiger partial charge in [-0.05, 0) is 6.07 Å². The molecule has 16 heteroatoms. The van der Waals surface area contributed by atoms with Crippen LogP contribution in [0.2, 0.25) is 0 Å². The Morgan fingerprint density at radius 2 is 2.09 bits per heavy atom. The fraction of sp³-hybridized carbons (Fsp3) is 0.412. The first-order chi connectivity index (χ1) is 15.4. The Hall–Kier alpha value is -2.16. The van der Waals surface area contributed by atoms with Crippen molar-refractivity contribution in [2.45, 2.75) is 36.9 Å². The zero-order chi connectivity index (χ0) is 24.2. The van der Waals surface area contributed by atoms with Gasteiger partial charge in [0.25, 0.3) is 6.43 Å². The molecular formula is C17H15F5N3O6PS. The Balaban J connectivity index is 1.65. The van der Waals surface area contributed by atoms with Crippen molar-refractivity contribution in [3.05, 3.63) is 52.3 Å². The van der Waals surface area contributed by atoms with E-state index in [1.54, 1.807) is 18.2 Å². The van der Waals surface area contributed by atoms with Gasteiger partial charge in [-0.1, -0.05) is 18.2 Å². The maximum absolute atomic E-state index is 15.0. The highest BCUT2D eigenvalue weighted by Gasteiger charge is 2.74. The molecule has 0 amide bonds. The summed E-state index contributed by atoms with van der Waals surface area (Å²) in [5.74, 6) is -6.64. The number of nitrogens with two attached hydrogens (primary N) is 1. The molecule has 4 atom stereocenters. The minimum absolute atomic E-state index is 0.0941. The molecule has 1 unspecified atom stereocenters. The predicted octanol–water partition coefficient (Wildman–Crippen LogP) is 2.34. The topological polar surface area (TPSA) is 118 Å². The summed E-state index contributed by atoms with van der Waals surface area (Å²) < 4.78 is 92.4. The summed E-state index contributed by atoms with van der Waals surface area (Å²) in [5.41, 5.74) is 0.498. The monoisotopic (exact) mass is 515 g/mol. The third-order valence-electron chi connectivity index (χ3n) is 5.10. The molecule has 2 aliphatic heterocycles. The van der Waals surface area contributed by atoms with Crippen LogP contribution in [0.4, 0.5) is 27.8 Å². The first kappa shape index (κ1) is 24.0. The van der Waals surface area contributed by atoms with Crippen LogP contribution in [0, 0.1) is 5.82 Å². The number of ether oxygens (including phenoxy) is 1. The highest BCUT2D eigenvalue weighted by Crippen LogP contribution is 2.58. The lowest BCUT2D eigenvalue weighted by molar-refractivity contribution is -0.242. The van der Waals surface area contributed by atoms with Crippen molar-refractivity contribution in [1.82, 2.24) is 9.55 Å². The molecule has 9 nitrogen and oxygen atoms in total. The van der Waals surface area contributed by atoms with Crippen molar-refractivity contribution in [1.29, 1.82) is 0 Å². The van der Waals surface area contributed by atoms with E-state index >= 15 is 0 Å². The molecular weight excluding hydrogens is 500 g/mol. The number of halogens is 5. The molecule has 180 valence electrons. The number of rotatable bonds is 5. The minimum atomic E-state index is -4.69. The molecule has 0 radical (unpaired) electrons. The number of anilines is 1. The van der Waals surface area contributed by atoms with E-state index in [1.807, 2.05) is 0 Å². The number of alkyl halides is 4. The van der Waals surface area contributed by atoms with Gasteiger partial charge >= 0.3 is 18.3 Å². The fourth-order valence-electron chi connectivity index (χ4n) is 3.27. The van der Waals surface area contributed by atoms with E-state index in [9.17, 15) is 31.9 Å². The van der Waals surface area contributed by atoms with E-state index in [-0.39, 0.29) is 16.9 Å². The number of para-hydroxylation sites is 1. The molecule has 1 aromatic carbocycles. The second kappa shape index (κ2) is 8.25. The quantitative estimate of drug-likeness (QED) is 0.457. The Bertz CT molecular complexity index is 1190. The molecule has 2 aromatic rings. The van der Waals surface area contributed by atoms with Crippen LogP contribution < -0.4 is 15.9 Å². The molecule has 33 heavy (non-hydrogen) atoms. The maximum Gasteiger partial charge on any atom is 0.381 e. The Labute approximate surface area is 187 Å². The van der Waals surface area contributed by atoms with Crippen LogP contribution in [-0.4, -0.2) is 45.3 Å². The van der Waals surface area contributed by atoms with Gasteiger partial charge in [0.2, 0.25) is 5.60 Å². The lowest BCUT2D eigenvalue weighted by atomic mass is 9.95. The smallest absolute Gasteiger partial charge is 0.381 e. The lowest BCUT2D eigenvalue weighted by Crippen LogP contribution is -2.57. The predicted molar refractivity (Wildman–Crippen MR) is 105 cm³/mol.